The molecule has 2 aromatic carbocycles. The maximum absolute atomic E-state index is 14.6. The lowest BCUT2D eigenvalue weighted by Crippen LogP contribution is -2.41. The van der Waals surface area contributed by atoms with E-state index in [0.717, 1.165) is 61.6 Å². The van der Waals surface area contributed by atoms with Crippen LogP contribution in [0.1, 0.15) is 29.7 Å². The molecular formula is C27H27FN4O. The number of aryl methyl sites for hydroxylation is 1. The number of hydrogen-bond donors (Lipinski definition) is 0. The van der Waals surface area contributed by atoms with E-state index in [4.69, 9.17) is 9.72 Å². The number of hydrogen-bond acceptors (Lipinski definition) is 4. The molecule has 0 saturated carbocycles. The van der Waals surface area contributed by atoms with Crippen LogP contribution in [0.15, 0.2) is 54.7 Å². The summed E-state index contributed by atoms with van der Waals surface area (Å²) >= 11 is 0. The van der Waals surface area contributed by atoms with Gasteiger partial charge in [0.25, 0.3) is 0 Å². The number of methoxy groups -OCH3 is 1. The van der Waals surface area contributed by atoms with Gasteiger partial charge in [-0.1, -0.05) is 18.2 Å². The number of fused-ring (bicyclic) bond motifs is 2. The topological polar surface area (TPSA) is 42.7 Å². The zero-order valence-corrected chi connectivity index (χ0v) is 19.0. The van der Waals surface area contributed by atoms with E-state index in [1.807, 2.05) is 23.6 Å². The fourth-order valence-corrected chi connectivity index (χ4v) is 5.75. The third-order valence-corrected chi connectivity index (χ3v) is 7.50. The van der Waals surface area contributed by atoms with Crippen LogP contribution < -0.4 is 9.64 Å². The van der Waals surface area contributed by atoms with Crippen molar-refractivity contribution in [1.29, 1.82) is 0 Å². The Balaban J connectivity index is 1.29. The van der Waals surface area contributed by atoms with Gasteiger partial charge >= 0.3 is 0 Å². The lowest BCUT2D eigenvalue weighted by Gasteiger charge is -2.40. The third kappa shape index (κ3) is 3.27. The van der Waals surface area contributed by atoms with Gasteiger partial charge in [-0.3, -0.25) is 0 Å². The van der Waals surface area contributed by atoms with E-state index in [2.05, 4.69) is 28.2 Å². The molecule has 33 heavy (non-hydrogen) atoms. The molecule has 0 N–H and O–H groups in total. The Morgan fingerprint density at radius 3 is 2.58 bits per heavy atom. The van der Waals surface area contributed by atoms with Gasteiger partial charge < -0.3 is 9.64 Å². The summed E-state index contributed by atoms with van der Waals surface area (Å²) in [6.07, 6.45) is 6.28. The molecule has 1 fully saturated rings. The smallest absolute Gasteiger partial charge is 0.155 e. The predicted octanol–water partition coefficient (Wildman–Crippen LogP) is 5.24. The van der Waals surface area contributed by atoms with E-state index in [1.165, 1.54) is 17.2 Å². The van der Waals surface area contributed by atoms with Crippen LogP contribution in [0.5, 0.6) is 5.75 Å². The van der Waals surface area contributed by atoms with Crippen LogP contribution in [-0.2, 0) is 12.8 Å². The molecule has 1 aliphatic heterocycles. The van der Waals surface area contributed by atoms with Crippen LogP contribution in [0.4, 0.5) is 10.2 Å². The summed E-state index contributed by atoms with van der Waals surface area (Å²) in [5.74, 6) is 1.63. The van der Waals surface area contributed by atoms with Gasteiger partial charge in [-0.05, 0) is 79.5 Å². The second kappa shape index (κ2) is 7.58. The second-order valence-electron chi connectivity index (χ2n) is 9.45. The highest BCUT2D eigenvalue weighted by Crippen LogP contribution is 2.46. The van der Waals surface area contributed by atoms with E-state index in [1.54, 1.807) is 25.4 Å². The monoisotopic (exact) mass is 442 g/mol. The lowest BCUT2D eigenvalue weighted by atomic mass is 9.76. The van der Waals surface area contributed by atoms with E-state index < -0.39 is 0 Å². The van der Waals surface area contributed by atoms with Gasteiger partial charge in [0, 0.05) is 18.7 Å². The molecule has 0 bridgehead atoms. The van der Waals surface area contributed by atoms with E-state index in [0.29, 0.717) is 16.7 Å². The Morgan fingerprint density at radius 1 is 1.00 bits per heavy atom. The predicted molar refractivity (Wildman–Crippen MR) is 127 cm³/mol. The fraction of sp³-hybridized carbons (Fsp3) is 0.333. The number of piperidine rings is 1. The molecule has 2 aliphatic rings. The minimum absolute atomic E-state index is 0.260. The van der Waals surface area contributed by atoms with Gasteiger partial charge in [-0.15, -0.1) is 0 Å². The minimum atomic E-state index is -0.260. The van der Waals surface area contributed by atoms with Crippen LogP contribution >= 0.6 is 0 Å². The van der Waals surface area contributed by atoms with Gasteiger partial charge in [-0.25, -0.2) is 13.9 Å². The summed E-state index contributed by atoms with van der Waals surface area (Å²) in [5.41, 5.74) is 6.17. The van der Waals surface area contributed by atoms with Crippen LogP contribution in [-0.4, -0.2) is 34.8 Å². The van der Waals surface area contributed by atoms with Crippen LogP contribution in [0, 0.1) is 18.2 Å². The highest BCUT2D eigenvalue weighted by molar-refractivity contribution is 5.75. The van der Waals surface area contributed by atoms with Crippen molar-refractivity contribution in [3.8, 4) is 17.0 Å². The summed E-state index contributed by atoms with van der Waals surface area (Å²) in [5, 5.41) is 4.54. The Hall–Kier alpha value is -3.41. The maximum atomic E-state index is 14.6. The third-order valence-electron chi connectivity index (χ3n) is 7.50. The lowest BCUT2D eigenvalue weighted by molar-refractivity contribution is 0.232. The van der Waals surface area contributed by atoms with Gasteiger partial charge in [-0.2, -0.15) is 5.10 Å². The van der Waals surface area contributed by atoms with E-state index in [-0.39, 0.29) is 5.82 Å². The van der Waals surface area contributed by atoms with Crippen molar-refractivity contribution in [2.45, 2.75) is 32.6 Å². The minimum Gasteiger partial charge on any atom is -0.497 e. The van der Waals surface area contributed by atoms with Crippen LogP contribution in [0.2, 0.25) is 0 Å². The van der Waals surface area contributed by atoms with Crippen molar-refractivity contribution in [2.75, 3.05) is 25.1 Å². The Bertz CT molecular complexity index is 1350. The molecule has 2 aromatic heterocycles. The highest BCUT2D eigenvalue weighted by atomic mass is 19.1. The average molecular weight is 443 g/mol. The van der Waals surface area contributed by atoms with Gasteiger partial charge in [0.15, 0.2) is 5.82 Å². The SMILES string of the molecule is COc1ccc2c(c1)CC1(CCN(c3nc(C)c(-c4ccccc4F)n4nccc34)CC1)C2. The molecule has 0 amide bonds. The molecule has 5 nitrogen and oxygen atoms in total. The first kappa shape index (κ1) is 20.2. The van der Waals surface area contributed by atoms with Crippen molar-refractivity contribution in [3.63, 3.8) is 0 Å². The Morgan fingerprint density at radius 2 is 1.79 bits per heavy atom. The first-order valence-corrected chi connectivity index (χ1v) is 11.6. The maximum Gasteiger partial charge on any atom is 0.155 e. The molecule has 4 aromatic rings. The normalized spacial score (nSPS) is 17.0. The van der Waals surface area contributed by atoms with Crippen molar-refractivity contribution in [3.05, 3.63) is 77.4 Å². The number of benzene rings is 2. The second-order valence-corrected chi connectivity index (χ2v) is 9.45. The fourth-order valence-electron chi connectivity index (χ4n) is 5.75. The van der Waals surface area contributed by atoms with E-state index in [9.17, 15) is 4.39 Å². The van der Waals surface area contributed by atoms with Crippen molar-refractivity contribution in [2.24, 2.45) is 5.41 Å². The largest absolute Gasteiger partial charge is 0.497 e. The van der Waals surface area contributed by atoms with Crippen molar-refractivity contribution in [1.82, 2.24) is 14.6 Å². The number of halogens is 1. The molecule has 1 saturated heterocycles. The molecule has 0 unspecified atom stereocenters. The molecule has 6 heteroatoms. The number of ether oxygens (including phenoxy) is 1. The van der Waals surface area contributed by atoms with Gasteiger partial charge in [0.1, 0.15) is 17.1 Å². The summed E-state index contributed by atoms with van der Waals surface area (Å²) in [6.45, 7) is 3.85. The molecule has 3 heterocycles. The number of anilines is 1. The van der Waals surface area contributed by atoms with Gasteiger partial charge in [0.2, 0.25) is 0 Å². The molecule has 168 valence electrons. The van der Waals surface area contributed by atoms with Crippen molar-refractivity contribution >= 4 is 11.3 Å². The summed E-state index contributed by atoms with van der Waals surface area (Å²) in [4.78, 5) is 7.35. The number of nitrogens with zero attached hydrogens (tertiary/aromatic N) is 4. The summed E-state index contributed by atoms with van der Waals surface area (Å²) in [6, 6.07) is 15.3. The average Bonchev–Trinajstić information content (AvgIpc) is 3.44. The number of rotatable bonds is 3. The molecule has 1 aliphatic carbocycles. The first-order valence-electron chi connectivity index (χ1n) is 11.6. The standard InChI is InChI=1S/C27H27FN4O/c1-18-25(22-5-3-4-6-23(22)28)32-24(9-12-29-32)26(30-18)31-13-10-27(11-14-31)16-19-7-8-21(33-2)15-20(19)17-27/h3-9,12,15H,10-11,13-14,16-17H2,1-2H3. The van der Waals surface area contributed by atoms with Crippen LogP contribution in [0.3, 0.4) is 0 Å². The molecule has 6 rings (SSSR count). The molecule has 0 radical (unpaired) electrons. The zero-order valence-electron chi connectivity index (χ0n) is 19.0. The zero-order chi connectivity index (χ0) is 22.6. The van der Waals surface area contributed by atoms with E-state index >= 15 is 0 Å². The quantitative estimate of drug-likeness (QED) is 0.435. The Labute approximate surface area is 192 Å². The summed E-state index contributed by atoms with van der Waals surface area (Å²) < 4.78 is 21.9. The number of aromatic nitrogens is 3. The van der Waals surface area contributed by atoms with Crippen molar-refractivity contribution < 1.29 is 9.13 Å². The summed E-state index contributed by atoms with van der Waals surface area (Å²) in [7, 11) is 1.73. The molecular weight excluding hydrogens is 415 g/mol. The molecule has 0 atom stereocenters. The Kier molecular flexibility index (Phi) is 4.64. The highest BCUT2D eigenvalue weighted by Gasteiger charge is 2.40. The first-order chi connectivity index (χ1) is 16.1. The van der Waals surface area contributed by atoms with Crippen LogP contribution in [0.25, 0.3) is 16.8 Å². The molecule has 1 spiro atoms. The van der Waals surface area contributed by atoms with Gasteiger partial charge in [0.05, 0.1) is 24.7 Å².